The molecule has 8 heteroatoms. The van der Waals surface area contributed by atoms with E-state index < -0.39 is 5.82 Å². The Balaban J connectivity index is 1.48. The van der Waals surface area contributed by atoms with Crippen LogP contribution >= 0.6 is 0 Å². The van der Waals surface area contributed by atoms with Crippen LogP contribution in [0, 0.1) is 18.7 Å². The summed E-state index contributed by atoms with van der Waals surface area (Å²) in [6.07, 6.45) is 4.75. The third kappa shape index (κ3) is 4.80. The highest BCUT2D eigenvalue weighted by Crippen LogP contribution is 2.32. The normalized spacial score (nSPS) is 15.8. The number of hydrogen-bond donors (Lipinski definition) is 1. The smallest absolute Gasteiger partial charge is 0.263 e. The van der Waals surface area contributed by atoms with E-state index in [9.17, 15) is 9.18 Å². The molecule has 32 heavy (non-hydrogen) atoms. The van der Waals surface area contributed by atoms with E-state index in [-0.39, 0.29) is 17.6 Å². The fourth-order valence-electron chi connectivity index (χ4n) is 3.75. The van der Waals surface area contributed by atoms with Gasteiger partial charge in [-0.2, -0.15) is 0 Å². The summed E-state index contributed by atoms with van der Waals surface area (Å²) in [6, 6.07) is 12.1. The highest BCUT2D eigenvalue weighted by atomic mass is 19.1. The summed E-state index contributed by atoms with van der Waals surface area (Å²) in [4.78, 5) is 23.7. The molecule has 2 heterocycles. The van der Waals surface area contributed by atoms with Gasteiger partial charge in [-0.3, -0.25) is 4.79 Å². The van der Waals surface area contributed by atoms with E-state index in [1.165, 1.54) is 19.2 Å². The average molecular weight is 436 g/mol. The molecule has 0 bridgehead atoms. The van der Waals surface area contributed by atoms with Crippen LogP contribution in [0.5, 0.6) is 17.4 Å². The Morgan fingerprint density at radius 1 is 1.16 bits per heavy atom. The van der Waals surface area contributed by atoms with Gasteiger partial charge in [0, 0.05) is 37.2 Å². The Bertz CT molecular complexity index is 1110. The monoisotopic (exact) mass is 436 g/mol. The number of para-hydroxylation sites is 1. The van der Waals surface area contributed by atoms with Crippen LogP contribution in [0.4, 0.5) is 15.9 Å². The van der Waals surface area contributed by atoms with E-state index in [4.69, 9.17) is 9.47 Å². The number of aryl methyl sites for hydroxylation is 1. The van der Waals surface area contributed by atoms with Crippen LogP contribution in [0.15, 0.2) is 54.9 Å². The van der Waals surface area contributed by atoms with Crippen LogP contribution in [0.1, 0.15) is 18.4 Å². The molecule has 0 radical (unpaired) electrons. The van der Waals surface area contributed by atoms with E-state index in [0.29, 0.717) is 29.7 Å². The van der Waals surface area contributed by atoms with E-state index in [1.807, 2.05) is 36.1 Å². The van der Waals surface area contributed by atoms with Gasteiger partial charge in [0.1, 0.15) is 5.75 Å². The summed E-state index contributed by atoms with van der Waals surface area (Å²) in [5.74, 6) is 0.890. The fourth-order valence-corrected chi connectivity index (χ4v) is 3.75. The van der Waals surface area contributed by atoms with Crippen molar-refractivity contribution < 1.29 is 18.7 Å². The van der Waals surface area contributed by atoms with Crippen LogP contribution in [-0.2, 0) is 4.79 Å². The number of rotatable bonds is 6. The van der Waals surface area contributed by atoms with Gasteiger partial charge in [0.2, 0.25) is 5.91 Å². The lowest BCUT2D eigenvalue weighted by Crippen LogP contribution is -2.41. The molecule has 1 amide bonds. The molecule has 4 rings (SSSR count). The molecule has 1 N–H and O–H groups in total. The number of benzene rings is 2. The summed E-state index contributed by atoms with van der Waals surface area (Å²) in [5, 5.41) is 2.81. The maximum Gasteiger partial charge on any atom is 0.263 e. The number of anilines is 2. The number of carbonyl (C=O) groups is 1. The molecule has 0 saturated carbocycles. The molecule has 7 nitrogen and oxygen atoms in total. The SMILES string of the molecule is COc1ccc(NC(=O)C2CCCN(c3nccnc3Oc3ccccc3C)C2)cc1F. The predicted molar refractivity (Wildman–Crippen MR) is 120 cm³/mol. The summed E-state index contributed by atoms with van der Waals surface area (Å²) >= 11 is 0. The first-order valence-corrected chi connectivity index (χ1v) is 10.5. The topological polar surface area (TPSA) is 76.6 Å². The molecule has 0 spiro atoms. The van der Waals surface area contributed by atoms with Crippen LogP contribution in [-0.4, -0.2) is 36.1 Å². The third-order valence-electron chi connectivity index (χ3n) is 5.46. The number of amides is 1. The molecule has 1 fully saturated rings. The lowest BCUT2D eigenvalue weighted by atomic mass is 9.97. The zero-order valence-electron chi connectivity index (χ0n) is 18.0. The molecule has 1 saturated heterocycles. The van der Waals surface area contributed by atoms with Crippen molar-refractivity contribution in [2.45, 2.75) is 19.8 Å². The minimum Gasteiger partial charge on any atom is -0.494 e. The maximum absolute atomic E-state index is 14.0. The number of hydrogen-bond acceptors (Lipinski definition) is 6. The van der Waals surface area contributed by atoms with Crippen LogP contribution in [0.25, 0.3) is 0 Å². The highest BCUT2D eigenvalue weighted by molar-refractivity contribution is 5.93. The Labute approximate surface area is 186 Å². The van der Waals surface area contributed by atoms with Crippen molar-refractivity contribution in [2.24, 2.45) is 5.92 Å². The first-order valence-electron chi connectivity index (χ1n) is 10.5. The number of ether oxygens (including phenoxy) is 2. The van der Waals surface area contributed by atoms with Crippen LogP contribution in [0.3, 0.4) is 0 Å². The first kappa shape index (κ1) is 21.5. The minimum atomic E-state index is -0.520. The van der Waals surface area contributed by atoms with Gasteiger partial charge in [0.15, 0.2) is 17.4 Å². The molecule has 1 aromatic heterocycles. The lowest BCUT2D eigenvalue weighted by Gasteiger charge is -2.33. The summed E-state index contributed by atoms with van der Waals surface area (Å²) in [7, 11) is 1.40. The van der Waals surface area contributed by atoms with Crippen LogP contribution < -0.4 is 19.7 Å². The van der Waals surface area contributed by atoms with Crippen molar-refractivity contribution in [1.29, 1.82) is 0 Å². The summed E-state index contributed by atoms with van der Waals surface area (Å²) in [5.41, 5.74) is 1.39. The lowest BCUT2D eigenvalue weighted by molar-refractivity contribution is -0.120. The molecule has 1 unspecified atom stereocenters. The standard InChI is InChI=1S/C24H25FN4O3/c1-16-6-3-4-8-20(16)32-24-22(26-11-12-27-24)29-13-5-7-17(15-29)23(30)28-18-9-10-21(31-2)19(25)14-18/h3-4,6,8-12,14,17H,5,7,13,15H2,1-2H3,(H,28,30). The Hall–Kier alpha value is -3.68. The van der Waals surface area contributed by atoms with Gasteiger partial charge in [-0.15, -0.1) is 0 Å². The van der Waals surface area contributed by atoms with E-state index >= 15 is 0 Å². The summed E-state index contributed by atoms with van der Waals surface area (Å²) < 4.78 is 24.9. The maximum atomic E-state index is 14.0. The number of aromatic nitrogens is 2. The third-order valence-corrected chi connectivity index (χ3v) is 5.46. The molecule has 1 aliphatic heterocycles. The van der Waals surface area contributed by atoms with Crippen molar-refractivity contribution in [2.75, 3.05) is 30.4 Å². The number of carbonyl (C=O) groups excluding carboxylic acids is 1. The molecule has 1 aliphatic rings. The number of nitrogens with zero attached hydrogens (tertiary/aromatic N) is 3. The van der Waals surface area contributed by atoms with E-state index in [0.717, 1.165) is 24.9 Å². The zero-order valence-corrected chi connectivity index (χ0v) is 18.0. The number of halogens is 1. The number of methoxy groups -OCH3 is 1. The molecule has 3 aromatic rings. The van der Waals surface area contributed by atoms with Gasteiger partial charge < -0.3 is 19.7 Å². The van der Waals surface area contributed by atoms with Gasteiger partial charge in [-0.1, -0.05) is 18.2 Å². The largest absolute Gasteiger partial charge is 0.494 e. The number of piperidine rings is 1. The average Bonchev–Trinajstić information content (AvgIpc) is 2.81. The molecule has 1 atom stereocenters. The second kappa shape index (κ2) is 9.64. The second-order valence-corrected chi connectivity index (χ2v) is 7.68. The van der Waals surface area contributed by atoms with Crippen LogP contribution in [0.2, 0.25) is 0 Å². The zero-order chi connectivity index (χ0) is 22.5. The minimum absolute atomic E-state index is 0.135. The van der Waals surface area contributed by atoms with E-state index in [2.05, 4.69) is 15.3 Å². The number of nitrogens with one attached hydrogen (secondary N) is 1. The Morgan fingerprint density at radius 3 is 2.75 bits per heavy atom. The van der Waals surface area contributed by atoms with Crippen molar-refractivity contribution in [3.63, 3.8) is 0 Å². The van der Waals surface area contributed by atoms with Crippen molar-refractivity contribution in [3.05, 3.63) is 66.2 Å². The van der Waals surface area contributed by atoms with E-state index in [1.54, 1.807) is 18.5 Å². The molecule has 2 aromatic carbocycles. The second-order valence-electron chi connectivity index (χ2n) is 7.68. The van der Waals surface area contributed by atoms with Gasteiger partial charge in [-0.25, -0.2) is 14.4 Å². The molecule has 166 valence electrons. The fraction of sp³-hybridized carbons (Fsp3) is 0.292. The van der Waals surface area contributed by atoms with Gasteiger partial charge in [0.25, 0.3) is 5.88 Å². The quantitative estimate of drug-likeness (QED) is 0.610. The Morgan fingerprint density at radius 2 is 1.97 bits per heavy atom. The first-order chi connectivity index (χ1) is 15.5. The predicted octanol–water partition coefficient (Wildman–Crippen LogP) is 4.58. The van der Waals surface area contributed by atoms with Gasteiger partial charge in [0.05, 0.1) is 13.0 Å². The molecular weight excluding hydrogens is 411 g/mol. The van der Waals surface area contributed by atoms with Crippen molar-refractivity contribution in [1.82, 2.24) is 9.97 Å². The van der Waals surface area contributed by atoms with Gasteiger partial charge >= 0.3 is 0 Å². The molecule has 0 aliphatic carbocycles. The van der Waals surface area contributed by atoms with Crippen molar-refractivity contribution in [3.8, 4) is 17.4 Å². The Kier molecular flexibility index (Phi) is 6.49. The summed E-state index contributed by atoms with van der Waals surface area (Å²) in [6.45, 7) is 3.17. The van der Waals surface area contributed by atoms with Gasteiger partial charge in [-0.05, 0) is 43.5 Å². The highest BCUT2D eigenvalue weighted by Gasteiger charge is 2.29. The van der Waals surface area contributed by atoms with Crippen molar-refractivity contribution >= 4 is 17.4 Å². The molecular formula is C24H25FN4O3.